The lowest BCUT2D eigenvalue weighted by Gasteiger charge is -2.29. The van der Waals surface area contributed by atoms with Crippen LogP contribution in [0.25, 0.3) is 0 Å². The molecule has 1 heterocycles. The van der Waals surface area contributed by atoms with Crippen LogP contribution in [0.2, 0.25) is 0 Å². The molecule has 1 fully saturated rings. The number of ether oxygens (including phenoxy) is 1. The van der Waals surface area contributed by atoms with E-state index in [1.807, 2.05) is 36.5 Å². The third-order valence-corrected chi connectivity index (χ3v) is 3.85. The molecule has 0 aliphatic heterocycles. The molecule has 1 aliphatic carbocycles. The standard InChI is InChI=1S/C16H18N2O2/c19-11-13-10-18(12-17-13)14-6-8-16(9-7-14)20-15-4-2-1-3-5-15/h1-5,10-12,14,16H,6-9H2/t14-,16-. The predicted octanol–water partition coefficient (Wildman–Crippen LogP) is 3.26. The van der Waals surface area contributed by atoms with E-state index >= 15 is 0 Å². The van der Waals surface area contributed by atoms with Gasteiger partial charge < -0.3 is 9.30 Å². The molecule has 0 radical (unpaired) electrons. The van der Waals surface area contributed by atoms with Crippen LogP contribution in [0.1, 0.15) is 42.2 Å². The molecule has 4 heteroatoms. The summed E-state index contributed by atoms with van der Waals surface area (Å²) >= 11 is 0. The number of nitrogens with zero attached hydrogens (tertiary/aromatic N) is 2. The van der Waals surface area contributed by atoms with E-state index < -0.39 is 0 Å². The van der Waals surface area contributed by atoms with E-state index in [1.165, 1.54) is 0 Å². The number of hydrogen-bond acceptors (Lipinski definition) is 3. The van der Waals surface area contributed by atoms with Crippen molar-refractivity contribution in [2.45, 2.75) is 37.8 Å². The zero-order valence-corrected chi connectivity index (χ0v) is 11.3. The highest BCUT2D eigenvalue weighted by Gasteiger charge is 2.23. The van der Waals surface area contributed by atoms with E-state index in [-0.39, 0.29) is 0 Å². The normalized spacial score (nSPS) is 22.4. The monoisotopic (exact) mass is 270 g/mol. The predicted molar refractivity (Wildman–Crippen MR) is 76.0 cm³/mol. The van der Waals surface area contributed by atoms with E-state index in [1.54, 1.807) is 6.33 Å². The van der Waals surface area contributed by atoms with E-state index in [0.717, 1.165) is 37.7 Å². The molecule has 1 saturated carbocycles. The number of imidazole rings is 1. The van der Waals surface area contributed by atoms with Crippen molar-refractivity contribution in [2.75, 3.05) is 0 Å². The number of para-hydroxylation sites is 1. The van der Waals surface area contributed by atoms with E-state index in [0.29, 0.717) is 17.8 Å². The fraction of sp³-hybridized carbons (Fsp3) is 0.375. The van der Waals surface area contributed by atoms with Crippen LogP contribution in [0.4, 0.5) is 0 Å². The highest BCUT2D eigenvalue weighted by Crippen LogP contribution is 2.30. The minimum Gasteiger partial charge on any atom is -0.490 e. The van der Waals surface area contributed by atoms with Crippen LogP contribution < -0.4 is 4.74 Å². The summed E-state index contributed by atoms with van der Waals surface area (Å²) in [6, 6.07) is 10.4. The molecule has 0 unspecified atom stereocenters. The molecule has 0 saturated heterocycles. The van der Waals surface area contributed by atoms with Gasteiger partial charge in [0, 0.05) is 12.2 Å². The summed E-state index contributed by atoms with van der Waals surface area (Å²) in [5, 5.41) is 0. The Kier molecular flexibility index (Phi) is 3.81. The van der Waals surface area contributed by atoms with E-state index in [2.05, 4.69) is 9.55 Å². The first-order chi connectivity index (χ1) is 9.85. The Morgan fingerprint density at radius 2 is 1.90 bits per heavy atom. The Morgan fingerprint density at radius 1 is 1.15 bits per heavy atom. The Morgan fingerprint density at radius 3 is 2.55 bits per heavy atom. The molecule has 1 aromatic heterocycles. The third-order valence-electron chi connectivity index (χ3n) is 3.85. The molecule has 3 rings (SSSR count). The van der Waals surface area contributed by atoms with Crippen LogP contribution in [0.15, 0.2) is 42.9 Å². The Balaban J connectivity index is 1.55. The fourth-order valence-electron chi connectivity index (χ4n) is 2.77. The SMILES string of the molecule is O=Cc1cn([C@H]2CC[C@H](Oc3ccccc3)CC2)cn1. The number of hydrogen-bond donors (Lipinski definition) is 0. The molecule has 0 atom stereocenters. The Bertz CT molecular complexity index is 557. The first-order valence-corrected chi connectivity index (χ1v) is 7.05. The van der Waals surface area contributed by atoms with Gasteiger partial charge in [0.15, 0.2) is 6.29 Å². The van der Waals surface area contributed by atoms with Gasteiger partial charge in [0.2, 0.25) is 0 Å². The second kappa shape index (κ2) is 5.90. The molecule has 0 N–H and O–H groups in total. The summed E-state index contributed by atoms with van der Waals surface area (Å²) in [7, 11) is 0. The summed E-state index contributed by atoms with van der Waals surface area (Å²) in [4.78, 5) is 14.7. The smallest absolute Gasteiger partial charge is 0.169 e. The maximum Gasteiger partial charge on any atom is 0.169 e. The zero-order valence-electron chi connectivity index (χ0n) is 11.3. The highest BCUT2D eigenvalue weighted by atomic mass is 16.5. The molecule has 0 bridgehead atoms. The second-order valence-corrected chi connectivity index (χ2v) is 5.23. The lowest BCUT2D eigenvalue weighted by Crippen LogP contribution is -2.25. The minimum atomic E-state index is 0.294. The second-order valence-electron chi connectivity index (χ2n) is 5.23. The Labute approximate surface area is 118 Å². The topological polar surface area (TPSA) is 44.1 Å². The molecule has 0 amide bonds. The van der Waals surface area contributed by atoms with Crippen LogP contribution in [0.5, 0.6) is 5.75 Å². The lowest BCUT2D eigenvalue weighted by molar-refractivity contribution is 0.111. The van der Waals surface area contributed by atoms with Gasteiger partial charge in [-0.1, -0.05) is 18.2 Å². The summed E-state index contributed by atoms with van der Waals surface area (Å²) in [6.07, 6.45) is 8.87. The number of aromatic nitrogens is 2. The zero-order chi connectivity index (χ0) is 13.8. The number of carbonyl (C=O) groups is 1. The first-order valence-electron chi connectivity index (χ1n) is 7.05. The average Bonchev–Trinajstić information content (AvgIpc) is 2.98. The van der Waals surface area contributed by atoms with Crippen molar-refractivity contribution >= 4 is 6.29 Å². The third kappa shape index (κ3) is 2.90. The number of aldehydes is 1. The van der Waals surface area contributed by atoms with Crippen molar-refractivity contribution in [3.05, 3.63) is 48.5 Å². The summed E-state index contributed by atoms with van der Waals surface area (Å²) in [5.41, 5.74) is 0.507. The van der Waals surface area contributed by atoms with Crippen molar-refractivity contribution in [1.82, 2.24) is 9.55 Å². The fourth-order valence-corrected chi connectivity index (χ4v) is 2.77. The molecule has 20 heavy (non-hydrogen) atoms. The van der Waals surface area contributed by atoms with E-state index in [9.17, 15) is 4.79 Å². The first kappa shape index (κ1) is 12.9. The van der Waals surface area contributed by atoms with Gasteiger partial charge in [-0.25, -0.2) is 4.98 Å². The van der Waals surface area contributed by atoms with Gasteiger partial charge in [-0.3, -0.25) is 4.79 Å². The molecule has 0 spiro atoms. The van der Waals surface area contributed by atoms with Crippen molar-refractivity contribution < 1.29 is 9.53 Å². The summed E-state index contributed by atoms with van der Waals surface area (Å²) < 4.78 is 8.04. The maximum absolute atomic E-state index is 10.7. The van der Waals surface area contributed by atoms with Gasteiger partial charge in [-0.2, -0.15) is 0 Å². The van der Waals surface area contributed by atoms with Gasteiger partial charge in [0.05, 0.1) is 12.4 Å². The lowest BCUT2D eigenvalue weighted by atomic mass is 9.93. The molecule has 2 aromatic rings. The number of rotatable bonds is 4. The van der Waals surface area contributed by atoms with Crippen LogP contribution >= 0.6 is 0 Å². The van der Waals surface area contributed by atoms with Gasteiger partial charge in [-0.05, 0) is 37.8 Å². The number of carbonyl (C=O) groups excluding carboxylic acids is 1. The van der Waals surface area contributed by atoms with Crippen molar-refractivity contribution in [1.29, 1.82) is 0 Å². The van der Waals surface area contributed by atoms with Gasteiger partial charge >= 0.3 is 0 Å². The molecule has 4 nitrogen and oxygen atoms in total. The van der Waals surface area contributed by atoms with Crippen molar-refractivity contribution in [3.8, 4) is 5.75 Å². The molecule has 1 aliphatic rings. The summed E-state index contributed by atoms with van der Waals surface area (Å²) in [6.45, 7) is 0. The average molecular weight is 270 g/mol. The van der Waals surface area contributed by atoms with Crippen LogP contribution in [-0.2, 0) is 0 Å². The quantitative estimate of drug-likeness (QED) is 0.801. The van der Waals surface area contributed by atoms with Crippen LogP contribution in [-0.4, -0.2) is 21.9 Å². The van der Waals surface area contributed by atoms with Gasteiger partial charge in [-0.15, -0.1) is 0 Å². The van der Waals surface area contributed by atoms with Crippen LogP contribution in [0.3, 0.4) is 0 Å². The highest BCUT2D eigenvalue weighted by molar-refractivity contribution is 5.70. The molecule has 104 valence electrons. The number of benzene rings is 1. The van der Waals surface area contributed by atoms with E-state index in [4.69, 9.17) is 4.74 Å². The Hall–Kier alpha value is -2.10. The summed E-state index contributed by atoms with van der Waals surface area (Å²) in [5.74, 6) is 0.946. The van der Waals surface area contributed by atoms with Gasteiger partial charge in [0.1, 0.15) is 11.4 Å². The largest absolute Gasteiger partial charge is 0.490 e. The van der Waals surface area contributed by atoms with Crippen LogP contribution in [0, 0.1) is 0 Å². The van der Waals surface area contributed by atoms with Crippen molar-refractivity contribution in [3.63, 3.8) is 0 Å². The molecule has 1 aromatic carbocycles. The van der Waals surface area contributed by atoms with Gasteiger partial charge in [0.25, 0.3) is 0 Å². The van der Waals surface area contributed by atoms with Crippen molar-refractivity contribution in [2.24, 2.45) is 0 Å². The minimum absolute atomic E-state index is 0.294. The molecular weight excluding hydrogens is 252 g/mol. The molecular formula is C16H18N2O2. The maximum atomic E-state index is 10.7.